The van der Waals surface area contributed by atoms with E-state index < -0.39 is 5.60 Å². The van der Waals surface area contributed by atoms with Crippen molar-refractivity contribution >= 4 is 17.8 Å². The molecule has 128 valence electrons. The summed E-state index contributed by atoms with van der Waals surface area (Å²) in [5, 5.41) is 9.80. The highest BCUT2D eigenvalue weighted by molar-refractivity contribution is 5.92. The molecule has 0 aromatic carbocycles. The number of likely N-dealkylation sites (tertiary alicyclic amines) is 1. The summed E-state index contributed by atoms with van der Waals surface area (Å²) in [5.74, 6) is 0.497. The lowest BCUT2D eigenvalue weighted by molar-refractivity contribution is -0.119. The van der Waals surface area contributed by atoms with Crippen LogP contribution in [0.3, 0.4) is 0 Å². The maximum atomic E-state index is 12.3. The smallest absolute Gasteiger partial charge is 0.410 e. The fourth-order valence-electron chi connectivity index (χ4n) is 2.39. The number of hydrogen-bond donors (Lipinski definition) is 2. The van der Waals surface area contributed by atoms with Crippen molar-refractivity contribution < 1.29 is 14.3 Å². The summed E-state index contributed by atoms with van der Waals surface area (Å²) in [6.07, 6.45) is 0.265. The molecule has 7 heteroatoms. The summed E-state index contributed by atoms with van der Waals surface area (Å²) in [5.41, 5.74) is 0.446. The van der Waals surface area contributed by atoms with Gasteiger partial charge in [-0.3, -0.25) is 9.89 Å². The third-order valence-electron chi connectivity index (χ3n) is 3.68. The number of hydrogen-bond acceptors (Lipinski definition) is 4. The molecule has 2 rings (SSSR count). The average Bonchev–Trinajstić information content (AvgIpc) is 3.05. The molecule has 1 saturated heterocycles. The van der Waals surface area contributed by atoms with Crippen LogP contribution in [0, 0.1) is 5.92 Å². The molecular formula is C16H26N4O3. The first-order chi connectivity index (χ1) is 10.7. The van der Waals surface area contributed by atoms with E-state index in [9.17, 15) is 9.59 Å². The number of anilines is 1. The summed E-state index contributed by atoms with van der Waals surface area (Å²) >= 11 is 0. The molecule has 23 heavy (non-hydrogen) atoms. The van der Waals surface area contributed by atoms with Gasteiger partial charge in [0.25, 0.3) is 0 Å². The van der Waals surface area contributed by atoms with Gasteiger partial charge in [0.1, 0.15) is 5.60 Å². The predicted octanol–water partition coefficient (Wildman–Crippen LogP) is 2.73. The van der Waals surface area contributed by atoms with Gasteiger partial charge in [-0.25, -0.2) is 4.79 Å². The Morgan fingerprint density at radius 3 is 2.70 bits per heavy atom. The number of carbonyl (C=O) groups is 2. The number of aromatic nitrogens is 2. The normalized spacial score (nSPS) is 18.3. The summed E-state index contributed by atoms with van der Waals surface area (Å²) in [7, 11) is 0. The molecule has 1 aliphatic heterocycles. The van der Waals surface area contributed by atoms with Crippen LogP contribution in [0.5, 0.6) is 0 Å². The quantitative estimate of drug-likeness (QED) is 0.895. The van der Waals surface area contributed by atoms with E-state index in [0.717, 1.165) is 5.69 Å². The second-order valence-electron chi connectivity index (χ2n) is 7.26. The minimum Gasteiger partial charge on any atom is -0.444 e. The largest absolute Gasteiger partial charge is 0.444 e. The Hall–Kier alpha value is -2.05. The first-order valence-corrected chi connectivity index (χ1v) is 8.00. The van der Waals surface area contributed by atoms with Crippen LogP contribution < -0.4 is 5.32 Å². The van der Waals surface area contributed by atoms with Gasteiger partial charge in [-0.2, -0.15) is 5.10 Å². The number of ether oxygens (including phenoxy) is 1. The van der Waals surface area contributed by atoms with Crippen LogP contribution in [0.2, 0.25) is 0 Å². The SMILES string of the molecule is CC(C)c1cc(NC(=O)C2CCN(C(=O)OC(C)(C)C)C2)n[nH]1. The Kier molecular flexibility index (Phi) is 4.97. The molecule has 1 unspecified atom stereocenters. The van der Waals surface area contributed by atoms with Gasteiger partial charge in [0.2, 0.25) is 5.91 Å². The summed E-state index contributed by atoms with van der Waals surface area (Å²) in [4.78, 5) is 25.9. The standard InChI is InChI=1S/C16H26N4O3/c1-10(2)12-8-13(19-18-12)17-14(21)11-6-7-20(9-11)15(22)23-16(3,4)5/h8,10-11H,6-7,9H2,1-5H3,(H2,17,18,19,21). The van der Waals surface area contributed by atoms with Gasteiger partial charge in [-0.1, -0.05) is 13.8 Å². The molecule has 1 fully saturated rings. The van der Waals surface area contributed by atoms with Gasteiger partial charge in [-0.05, 0) is 33.1 Å². The van der Waals surface area contributed by atoms with Crippen LogP contribution in [-0.4, -0.2) is 45.8 Å². The van der Waals surface area contributed by atoms with E-state index in [0.29, 0.717) is 31.2 Å². The molecule has 1 aliphatic rings. The fourth-order valence-corrected chi connectivity index (χ4v) is 2.39. The summed E-state index contributed by atoms with van der Waals surface area (Å²) < 4.78 is 5.34. The zero-order valence-corrected chi connectivity index (χ0v) is 14.5. The molecule has 7 nitrogen and oxygen atoms in total. The van der Waals surface area contributed by atoms with Crippen LogP contribution in [0.4, 0.5) is 10.6 Å². The van der Waals surface area contributed by atoms with Crippen molar-refractivity contribution in [1.82, 2.24) is 15.1 Å². The zero-order valence-electron chi connectivity index (χ0n) is 14.5. The van der Waals surface area contributed by atoms with Crippen LogP contribution in [0.1, 0.15) is 52.7 Å². The first kappa shape index (κ1) is 17.3. The predicted molar refractivity (Wildman–Crippen MR) is 87.2 cm³/mol. The molecule has 0 aliphatic carbocycles. The first-order valence-electron chi connectivity index (χ1n) is 8.00. The van der Waals surface area contributed by atoms with Crippen molar-refractivity contribution in [2.45, 2.75) is 52.6 Å². The summed E-state index contributed by atoms with van der Waals surface area (Å²) in [6, 6.07) is 1.84. The molecule has 1 aromatic heterocycles. The monoisotopic (exact) mass is 322 g/mol. The Morgan fingerprint density at radius 1 is 1.43 bits per heavy atom. The van der Waals surface area contributed by atoms with Gasteiger partial charge in [0, 0.05) is 24.8 Å². The van der Waals surface area contributed by atoms with E-state index in [1.807, 2.05) is 26.8 Å². The molecule has 2 N–H and O–H groups in total. The fraction of sp³-hybridized carbons (Fsp3) is 0.688. The molecule has 2 amide bonds. The minimum atomic E-state index is -0.528. The zero-order chi connectivity index (χ0) is 17.2. The number of rotatable bonds is 3. The number of H-pyrrole nitrogens is 1. The van der Waals surface area contributed by atoms with Crippen LogP contribution in [-0.2, 0) is 9.53 Å². The maximum Gasteiger partial charge on any atom is 0.410 e. The number of nitrogens with zero attached hydrogens (tertiary/aromatic N) is 2. The van der Waals surface area contributed by atoms with E-state index in [1.165, 1.54) is 0 Å². The van der Waals surface area contributed by atoms with Crippen molar-refractivity contribution in [3.8, 4) is 0 Å². The average molecular weight is 322 g/mol. The highest BCUT2D eigenvalue weighted by atomic mass is 16.6. The molecule has 0 bridgehead atoms. The van der Waals surface area contributed by atoms with E-state index in [4.69, 9.17) is 4.74 Å². The number of aromatic amines is 1. The van der Waals surface area contributed by atoms with E-state index in [1.54, 1.807) is 4.90 Å². The minimum absolute atomic E-state index is 0.113. The third-order valence-corrected chi connectivity index (χ3v) is 3.68. The van der Waals surface area contributed by atoms with Crippen LogP contribution >= 0.6 is 0 Å². The Labute approximate surface area is 136 Å². The highest BCUT2D eigenvalue weighted by Gasteiger charge is 2.33. The molecule has 0 spiro atoms. The lowest BCUT2D eigenvalue weighted by Crippen LogP contribution is -2.36. The molecule has 0 radical (unpaired) electrons. The van der Waals surface area contributed by atoms with Crippen molar-refractivity contribution in [1.29, 1.82) is 0 Å². The van der Waals surface area contributed by atoms with Crippen molar-refractivity contribution in [2.75, 3.05) is 18.4 Å². The number of amides is 2. The van der Waals surface area contributed by atoms with Crippen molar-refractivity contribution in [3.05, 3.63) is 11.8 Å². The van der Waals surface area contributed by atoms with E-state index in [2.05, 4.69) is 29.4 Å². The van der Waals surface area contributed by atoms with Gasteiger partial charge in [0.05, 0.1) is 5.92 Å². The van der Waals surface area contributed by atoms with Gasteiger partial charge in [0.15, 0.2) is 5.82 Å². The number of nitrogens with one attached hydrogen (secondary N) is 2. The second-order valence-corrected chi connectivity index (χ2v) is 7.26. The Bertz CT molecular complexity index is 574. The summed E-state index contributed by atoms with van der Waals surface area (Å²) in [6.45, 7) is 10.5. The maximum absolute atomic E-state index is 12.3. The highest BCUT2D eigenvalue weighted by Crippen LogP contribution is 2.21. The topological polar surface area (TPSA) is 87.3 Å². The van der Waals surface area contributed by atoms with Crippen LogP contribution in [0.15, 0.2) is 6.07 Å². The van der Waals surface area contributed by atoms with Crippen LogP contribution in [0.25, 0.3) is 0 Å². The van der Waals surface area contributed by atoms with Crippen molar-refractivity contribution in [2.24, 2.45) is 5.92 Å². The molecule has 0 saturated carbocycles. The second kappa shape index (κ2) is 6.60. The van der Waals surface area contributed by atoms with E-state index >= 15 is 0 Å². The van der Waals surface area contributed by atoms with Gasteiger partial charge < -0.3 is 15.0 Å². The van der Waals surface area contributed by atoms with E-state index in [-0.39, 0.29) is 17.9 Å². The molecular weight excluding hydrogens is 296 g/mol. The Balaban J connectivity index is 1.88. The van der Waals surface area contributed by atoms with Gasteiger partial charge >= 0.3 is 6.09 Å². The number of carbonyl (C=O) groups excluding carboxylic acids is 2. The lowest BCUT2D eigenvalue weighted by Gasteiger charge is -2.24. The Morgan fingerprint density at radius 2 is 2.13 bits per heavy atom. The van der Waals surface area contributed by atoms with Crippen molar-refractivity contribution in [3.63, 3.8) is 0 Å². The van der Waals surface area contributed by atoms with Gasteiger partial charge in [-0.15, -0.1) is 0 Å². The molecule has 1 atom stereocenters. The molecule has 2 heterocycles. The third kappa shape index (κ3) is 4.71. The lowest BCUT2D eigenvalue weighted by atomic mass is 10.1. The molecule has 1 aromatic rings.